The third kappa shape index (κ3) is 4.33. The van der Waals surface area contributed by atoms with Gasteiger partial charge in [0.15, 0.2) is 11.0 Å². The molecule has 25 heavy (non-hydrogen) atoms. The maximum atomic E-state index is 13.2. The van der Waals surface area contributed by atoms with Crippen LogP contribution >= 0.6 is 11.6 Å². The second-order valence-electron chi connectivity index (χ2n) is 5.06. The van der Waals surface area contributed by atoms with Crippen molar-refractivity contribution in [2.75, 3.05) is 17.7 Å². The summed E-state index contributed by atoms with van der Waals surface area (Å²) in [6, 6.07) is 9.47. The molecule has 0 unspecified atom stereocenters. The minimum absolute atomic E-state index is 0.344. The summed E-state index contributed by atoms with van der Waals surface area (Å²) in [6.45, 7) is 0.495. The first-order valence-electron chi connectivity index (χ1n) is 7.46. The van der Waals surface area contributed by atoms with Gasteiger partial charge in [0.1, 0.15) is 23.6 Å². The maximum absolute atomic E-state index is 13.2. The highest BCUT2D eigenvalue weighted by atomic mass is 35.5. The minimum Gasteiger partial charge on any atom is -0.439 e. The van der Waals surface area contributed by atoms with E-state index in [0.717, 1.165) is 5.56 Å². The van der Waals surface area contributed by atoms with E-state index >= 15 is 0 Å². The molecule has 0 bridgehead atoms. The molecule has 2 N–H and O–H groups in total. The predicted octanol–water partition coefficient (Wildman–Crippen LogP) is 4.11. The molecule has 128 valence electrons. The molecule has 3 aromatic rings. The SMILES string of the molecule is CNc1c(Cl)ncnc1NCc1ccc(Oc2cccc(F)c2)nc1. The number of anilines is 2. The van der Waals surface area contributed by atoms with Crippen LogP contribution in [0.1, 0.15) is 5.56 Å². The van der Waals surface area contributed by atoms with Crippen LogP contribution in [0.2, 0.25) is 5.15 Å². The monoisotopic (exact) mass is 359 g/mol. The van der Waals surface area contributed by atoms with Crippen LogP contribution in [0.15, 0.2) is 48.9 Å². The molecular formula is C17H15ClFN5O. The van der Waals surface area contributed by atoms with Gasteiger partial charge in [0.2, 0.25) is 5.88 Å². The number of halogens is 2. The van der Waals surface area contributed by atoms with Crippen LogP contribution in [0.25, 0.3) is 0 Å². The molecule has 1 aromatic carbocycles. The van der Waals surface area contributed by atoms with Gasteiger partial charge in [-0.2, -0.15) is 0 Å². The quantitative estimate of drug-likeness (QED) is 0.645. The Morgan fingerprint density at radius 1 is 1.16 bits per heavy atom. The summed E-state index contributed by atoms with van der Waals surface area (Å²) in [6.07, 6.45) is 3.06. The molecule has 8 heteroatoms. The van der Waals surface area contributed by atoms with Gasteiger partial charge in [0, 0.05) is 31.9 Å². The number of nitrogens with zero attached hydrogens (tertiary/aromatic N) is 3. The molecule has 0 fully saturated rings. The van der Waals surface area contributed by atoms with Crippen molar-refractivity contribution in [3.63, 3.8) is 0 Å². The molecule has 0 saturated heterocycles. The number of benzene rings is 1. The van der Waals surface area contributed by atoms with Crippen LogP contribution in [-0.4, -0.2) is 22.0 Å². The first-order chi connectivity index (χ1) is 12.2. The van der Waals surface area contributed by atoms with Gasteiger partial charge in [0.25, 0.3) is 0 Å². The fourth-order valence-electron chi connectivity index (χ4n) is 2.13. The van der Waals surface area contributed by atoms with E-state index in [1.54, 1.807) is 31.4 Å². The largest absolute Gasteiger partial charge is 0.439 e. The van der Waals surface area contributed by atoms with Crippen molar-refractivity contribution in [1.29, 1.82) is 0 Å². The average Bonchev–Trinajstić information content (AvgIpc) is 2.61. The Bertz CT molecular complexity index is 860. The van der Waals surface area contributed by atoms with Crippen molar-refractivity contribution >= 4 is 23.1 Å². The maximum Gasteiger partial charge on any atom is 0.219 e. The van der Waals surface area contributed by atoms with Gasteiger partial charge in [-0.25, -0.2) is 19.3 Å². The molecule has 0 aliphatic heterocycles. The Morgan fingerprint density at radius 3 is 2.76 bits per heavy atom. The van der Waals surface area contributed by atoms with E-state index in [1.807, 2.05) is 6.07 Å². The van der Waals surface area contributed by atoms with Crippen LogP contribution in [0.3, 0.4) is 0 Å². The highest BCUT2D eigenvalue weighted by molar-refractivity contribution is 6.32. The number of nitrogens with one attached hydrogen (secondary N) is 2. The second-order valence-corrected chi connectivity index (χ2v) is 5.41. The van der Waals surface area contributed by atoms with E-state index in [4.69, 9.17) is 16.3 Å². The Morgan fingerprint density at radius 2 is 2.04 bits per heavy atom. The molecule has 0 amide bonds. The molecule has 3 rings (SSSR count). The van der Waals surface area contributed by atoms with Crippen LogP contribution in [-0.2, 0) is 6.54 Å². The van der Waals surface area contributed by atoms with Gasteiger partial charge in [0.05, 0.1) is 0 Å². The van der Waals surface area contributed by atoms with Crippen LogP contribution in [0.5, 0.6) is 11.6 Å². The standard InChI is InChI=1S/C17H15ClFN5O/c1-20-15-16(18)23-10-24-17(15)22-9-11-5-6-14(21-8-11)25-13-4-2-3-12(19)7-13/h2-8,10,20H,9H2,1H3,(H,22,23,24). The van der Waals surface area contributed by atoms with E-state index in [0.29, 0.717) is 34.8 Å². The lowest BCUT2D eigenvalue weighted by Gasteiger charge is -2.11. The lowest BCUT2D eigenvalue weighted by atomic mass is 10.3. The number of hydrogen-bond acceptors (Lipinski definition) is 6. The lowest BCUT2D eigenvalue weighted by molar-refractivity contribution is 0.458. The molecule has 2 aromatic heterocycles. The highest BCUT2D eigenvalue weighted by Gasteiger charge is 2.08. The van der Waals surface area contributed by atoms with E-state index in [-0.39, 0.29) is 5.82 Å². The first kappa shape index (κ1) is 16.9. The molecule has 0 aliphatic rings. The smallest absolute Gasteiger partial charge is 0.219 e. The summed E-state index contributed by atoms with van der Waals surface area (Å²) in [7, 11) is 1.75. The molecular weight excluding hydrogens is 345 g/mol. The minimum atomic E-state index is -0.359. The summed E-state index contributed by atoms with van der Waals surface area (Å²) in [5.74, 6) is 1.02. The van der Waals surface area contributed by atoms with Gasteiger partial charge in [-0.1, -0.05) is 23.7 Å². The van der Waals surface area contributed by atoms with E-state index in [2.05, 4.69) is 25.6 Å². The zero-order valence-corrected chi connectivity index (χ0v) is 14.1. The van der Waals surface area contributed by atoms with E-state index in [9.17, 15) is 4.39 Å². The summed E-state index contributed by atoms with van der Waals surface area (Å²) in [5.41, 5.74) is 1.55. The molecule has 2 heterocycles. The molecule has 6 nitrogen and oxygen atoms in total. The molecule has 0 atom stereocenters. The van der Waals surface area contributed by atoms with Gasteiger partial charge in [-0.15, -0.1) is 0 Å². The fraction of sp³-hybridized carbons (Fsp3) is 0.118. The lowest BCUT2D eigenvalue weighted by Crippen LogP contribution is -2.06. The van der Waals surface area contributed by atoms with Crippen molar-refractivity contribution in [2.24, 2.45) is 0 Å². The average molecular weight is 360 g/mol. The van der Waals surface area contributed by atoms with Crippen molar-refractivity contribution in [3.05, 3.63) is 65.5 Å². The zero-order valence-electron chi connectivity index (χ0n) is 13.3. The molecule has 0 radical (unpaired) electrons. The van der Waals surface area contributed by atoms with Gasteiger partial charge in [-0.3, -0.25) is 0 Å². The van der Waals surface area contributed by atoms with Crippen molar-refractivity contribution < 1.29 is 9.13 Å². The van der Waals surface area contributed by atoms with Crippen LogP contribution in [0, 0.1) is 5.82 Å². The first-order valence-corrected chi connectivity index (χ1v) is 7.84. The van der Waals surface area contributed by atoms with Crippen molar-refractivity contribution in [2.45, 2.75) is 6.54 Å². The third-order valence-electron chi connectivity index (χ3n) is 3.33. The third-order valence-corrected chi connectivity index (χ3v) is 3.61. The van der Waals surface area contributed by atoms with Gasteiger partial charge in [-0.05, 0) is 17.7 Å². The second kappa shape index (κ2) is 7.76. The molecule has 0 spiro atoms. The predicted molar refractivity (Wildman–Crippen MR) is 94.6 cm³/mol. The fourth-order valence-corrected chi connectivity index (χ4v) is 2.36. The molecule has 0 saturated carbocycles. The van der Waals surface area contributed by atoms with E-state index in [1.165, 1.54) is 18.5 Å². The Balaban J connectivity index is 1.64. The number of rotatable bonds is 6. The zero-order chi connectivity index (χ0) is 17.6. The van der Waals surface area contributed by atoms with Crippen LogP contribution in [0.4, 0.5) is 15.9 Å². The number of hydrogen-bond donors (Lipinski definition) is 2. The summed E-state index contributed by atoms with van der Waals surface area (Å²) in [4.78, 5) is 12.3. The Hall–Kier alpha value is -2.93. The number of aromatic nitrogens is 3. The topological polar surface area (TPSA) is 72.0 Å². The van der Waals surface area contributed by atoms with E-state index < -0.39 is 0 Å². The van der Waals surface area contributed by atoms with Gasteiger partial charge < -0.3 is 15.4 Å². The number of pyridine rings is 1. The summed E-state index contributed by atoms with van der Waals surface area (Å²) in [5, 5.41) is 6.47. The van der Waals surface area contributed by atoms with Gasteiger partial charge >= 0.3 is 0 Å². The Kier molecular flexibility index (Phi) is 5.25. The van der Waals surface area contributed by atoms with Crippen molar-refractivity contribution in [1.82, 2.24) is 15.0 Å². The highest BCUT2D eigenvalue weighted by Crippen LogP contribution is 2.26. The Labute approximate surface area is 149 Å². The summed E-state index contributed by atoms with van der Waals surface area (Å²) >= 11 is 6.01. The van der Waals surface area contributed by atoms with Crippen LogP contribution < -0.4 is 15.4 Å². The van der Waals surface area contributed by atoms with Crippen molar-refractivity contribution in [3.8, 4) is 11.6 Å². The summed E-state index contributed by atoms with van der Waals surface area (Å²) < 4.78 is 18.7. The normalized spacial score (nSPS) is 10.4. The number of ether oxygens (including phenoxy) is 1. The molecule has 0 aliphatic carbocycles.